The number of pyridine rings is 4. The molecule has 4 rings (SSSR count). The van der Waals surface area contributed by atoms with Gasteiger partial charge in [-0.3, -0.25) is 9.59 Å². The number of halogens is 3. The van der Waals surface area contributed by atoms with Crippen LogP contribution < -0.4 is 31.2 Å². The second kappa shape index (κ2) is 16.7. The predicted octanol–water partition coefficient (Wildman–Crippen LogP) is 4.66. The maximum Gasteiger partial charge on any atom is 0.254 e. The molecule has 0 aliphatic carbocycles. The standard InChI is InChI=1S/C13H13ClN4O2.C7H6Cl2N2O.C6H8N2O/c1-15-13(19)8-7-17-11(14)6-9(8)18-12-10(20-2)4-3-5-16-12;1-10-7(12)4-3-11-6(9)2-5(4)8;1-9-5-3-2-4-8-6(5)7/h3-7H,1-2H3,(H,15,19)(H,16,17,18);2-3H,1H3,(H,10,12);2-4H,1H3,(H2,7,8). The number of nitrogens with one attached hydrogen (secondary N) is 3. The number of nitrogen functional groups attached to an aromatic ring is 1. The molecule has 5 N–H and O–H groups in total. The summed E-state index contributed by atoms with van der Waals surface area (Å²) in [6.07, 6.45) is 5.98. The first kappa shape index (κ1) is 32.8. The van der Waals surface area contributed by atoms with Crippen molar-refractivity contribution >= 4 is 63.9 Å². The number of carbonyl (C=O) groups is 2. The molecule has 0 aromatic carbocycles. The third kappa shape index (κ3) is 9.94. The Morgan fingerprint density at radius 3 is 1.85 bits per heavy atom. The number of ether oxygens (including phenoxy) is 2. The van der Waals surface area contributed by atoms with Crippen molar-refractivity contribution in [2.45, 2.75) is 0 Å². The van der Waals surface area contributed by atoms with E-state index in [1.165, 1.54) is 25.5 Å². The van der Waals surface area contributed by atoms with Crippen LogP contribution in [0.5, 0.6) is 11.5 Å². The minimum Gasteiger partial charge on any atom is -0.493 e. The van der Waals surface area contributed by atoms with Crippen LogP contribution in [0.1, 0.15) is 20.7 Å². The molecule has 0 saturated carbocycles. The Hall–Kier alpha value is -4.39. The van der Waals surface area contributed by atoms with Gasteiger partial charge in [0, 0.05) is 38.9 Å². The second-order valence-corrected chi connectivity index (χ2v) is 8.65. The minimum atomic E-state index is -0.274. The van der Waals surface area contributed by atoms with Crippen molar-refractivity contribution in [3.8, 4) is 11.5 Å². The number of anilines is 3. The lowest BCUT2D eigenvalue weighted by molar-refractivity contribution is 0.0955. The highest BCUT2D eigenvalue weighted by Crippen LogP contribution is 2.27. The Bertz CT molecular complexity index is 1480. The van der Waals surface area contributed by atoms with Crippen molar-refractivity contribution in [1.82, 2.24) is 30.6 Å². The van der Waals surface area contributed by atoms with Crippen LogP contribution in [0.4, 0.5) is 17.3 Å². The summed E-state index contributed by atoms with van der Waals surface area (Å²) in [5.74, 6) is 1.55. The van der Waals surface area contributed by atoms with Gasteiger partial charge >= 0.3 is 0 Å². The molecule has 4 heterocycles. The summed E-state index contributed by atoms with van der Waals surface area (Å²) in [6, 6.07) is 10.0. The van der Waals surface area contributed by atoms with E-state index in [0.29, 0.717) is 45.0 Å². The van der Waals surface area contributed by atoms with Crippen molar-refractivity contribution < 1.29 is 19.1 Å². The van der Waals surface area contributed by atoms with Crippen LogP contribution in [0.3, 0.4) is 0 Å². The van der Waals surface area contributed by atoms with Crippen LogP contribution in [0, 0.1) is 0 Å². The van der Waals surface area contributed by atoms with Crippen LogP contribution >= 0.6 is 34.8 Å². The van der Waals surface area contributed by atoms with Gasteiger partial charge in [0.1, 0.15) is 10.3 Å². The third-order valence-electron chi connectivity index (χ3n) is 4.90. The van der Waals surface area contributed by atoms with Gasteiger partial charge in [-0.05, 0) is 36.4 Å². The summed E-state index contributed by atoms with van der Waals surface area (Å²) >= 11 is 17.1. The largest absolute Gasteiger partial charge is 0.493 e. The number of aromatic nitrogens is 4. The van der Waals surface area contributed by atoms with E-state index < -0.39 is 0 Å². The average Bonchev–Trinajstić information content (AvgIpc) is 2.98. The van der Waals surface area contributed by atoms with Crippen molar-refractivity contribution in [3.63, 3.8) is 0 Å². The van der Waals surface area contributed by atoms with Gasteiger partial charge in [0.05, 0.1) is 36.1 Å². The van der Waals surface area contributed by atoms with Crippen LogP contribution in [0.15, 0.2) is 61.2 Å². The molecule has 0 radical (unpaired) electrons. The maximum absolute atomic E-state index is 11.8. The Kier molecular flexibility index (Phi) is 13.3. The van der Waals surface area contributed by atoms with Gasteiger partial charge in [-0.25, -0.2) is 19.9 Å². The summed E-state index contributed by atoms with van der Waals surface area (Å²) in [4.78, 5) is 38.5. The first-order valence-corrected chi connectivity index (χ1v) is 12.7. The Morgan fingerprint density at radius 1 is 0.780 bits per heavy atom. The molecule has 0 aliphatic heterocycles. The molecule has 0 atom stereocenters. The summed E-state index contributed by atoms with van der Waals surface area (Å²) in [5.41, 5.74) is 6.58. The smallest absolute Gasteiger partial charge is 0.254 e. The van der Waals surface area contributed by atoms with Crippen molar-refractivity contribution in [3.05, 3.63) is 87.6 Å². The highest BCUT2D eigenvalue weighted by atomic mass is 35.5. The normalized spacial score (nSPS) is 9.63. The monoisotopic (exact) mass is 620 g/mol. The Morgan fingerprint density at radius 2 is 1.32 bits per heavy atom. The zero-order valence-corrected chi connectivity index (χ0v) is 24.7. The van der Waals surface area contributed by atoms with Crippen molar-refractivity contribution in [2.24, 2.45) is 0 Å². The molecule has 2 amide bonds. The first-order valence-electron chi connectivity index (χ1n) is 11.6. The molecule has 0 saturated heterocycles. The number of amides is 2. The number of hydrogen-bond acceptors (Lipinski definition) is 10. The summed E-state index contributed by atoms with van der Waals surface area (Å²) in [5, 5.41) is 8.85. The van der Waals surface area contributed by atoms with Gasteiger partial charge in [-0.2, -0.15) is 0 Å². The quantitative estimate of drug-likeness (QED) is 0.222. The van der Waals surface area contributed by atoms with E-state index in [4.69, 9.17) is 50.0 Å². The first-order chi connectivity index (χ1) is 19.6. The lowest BCUT2D eigenvalue weighted by atomic mass is 10.2. The molecular weight excluding hydrogens is 595 g/mol. The van der Waals surface area contributed by atoms with E-state index in [9.17, 15) is 9.59 Å². The SMILES string of the molecule is CNC(=O)c1cnc(Cl)cc1Cl.CNC(=O)c1cnc(Cl)cc1Nc1ncccc1OC.COc1cccnc1N. The van der Waals surface area contributed by atoms with Crippen LogP contribution in [0.2, 0.25) is 15.3 Å². The van der Waals surface area contributed by atoms with Gasteiger partial charge < -0.3 is 31.2 Å². The molecule has 0 spiro atoms. The minimum absolute atomic E-state index is 0.271. The van der Waals surface area contributed by atoms with E-state index in [1.54, 1.807) is 64.0 Å². The van der Waals surface area contributed by atoms with Gasteiger partial charge in [0.2, 0.25) is 0 Å². The van der Waals surface area contributed by atoms with E-state index in [-0.39, 0.29) is 22.1 Å². The predicted molar refractivity (Wildman–Crippen MR) is 160 cm³/mol. The number of carbonyl (C=O) groups excluding carboxylic acids is 2. The average molecular weight is 622 g/mol. The number of nitrogens with two attached hydrogens (primary N) is 1. The molecule has 0 fully saturated rings. The van der Waals surface area contributed by atoms with Gasteiger partial charge in [-0.15, -0.1) is 0 Å². The number of nitrogens with zero attached hydrogens (tertiary/aromatic N) is 4. The zero-order valence-electron chi connectivity index (χ0n) is 22.4. The fourth-order valence-corrected chi connectivity index (χ4v) is 3.52. The van der Waals surface area contributed by atoms with Crippen LogP contribution in [-0.2, 0) is 0 Å². The summed E-state index contributed by atoms with van der Waals surface area (Å²) < 4.78 is 10.1. The van der Waals surface area contributed by atoms with E-state index in [1.807, 2.05) is 0 Å². The van der Waals surface area contributed by atoms with Gasteiger partial charge in [0.25, 0.3) is 11.8 Å². The number of methoxy groups -OCH3 is 2. The molecular formula is C26H27Cl3N8O4. The molecule has 216 valence electrons. The van der Waals surface area contributed by atoms with Crippen LogP contribution in [-0.4, -0.2) is 60.1 Å². The molecule has 41 heavy (non-hydrogen) atoms. The van der Waals surface area contributed by atoms with E-state index in [2.05, 4.69) is 35.9 Å². The lowest BCUT2D eigenvalue weighted by Gasteiger charge is -2.12. The molecule has 0 aliphatic rings. The topological polar surface area (TPSA) is 166 Å². The maximum atomic E-state index is 11.8. The fraction of sp³-hybridized carbons (Fsp3) is 0.154. The molecule has 12 nitrogen and oxygen atoms in total. The fourth-order valence-electron chi connectivity index (χ4n) is 2.91. The van der Waals surface area contributed by atoms with Crippen LogP contribution in [0.25, 0.3) is 0 Å². The van der Waals surface area contributed by atoms with Crippen molar-refractivity contribution in [2.75, 3.05) is 39.4 Å². The highest BCUT2D eigenvalue weighted by molar-refractivity contribution is 6.36. The molecule has 4 aromatic heterocycles. The molecule has 15 heteroatoms. The Balaban J connectivity index is 0.000000237. The summed E-state index contributed by atoms with van der Waals surface area (Å²) in [6.45, 7) is 0. The molecule has 0 unspecified atom stereocenters. The van der Waals surface area contributed by atoms with Crippen molar-refractivity contribution in [1.29, 1.82) is 0 Å². The Labute approximate surface area is 251 Å². The summed E-state index contributed by atoms with van der Waals surface area (Å²) in [7, 11) is 6.17. The van der Waals surface area contributed by atoms with E-state index >= 15 is 0 Å². The third-order valence-corrected chi connectivity index (χ3v) is 5.62. The number of hydrogen-bond donors (Lipinski definition) is 4. The highest BCUT2D eigenvalue weighted by Gasteiger charge is 2.14. The zero-order chi connectivity index (χ0) is 30.4. The van der Waals surface area contributed by atoms with Gasteiger partial charge in [0.15, 0.2) is 23.1 Å². The van der Waals surface area contributed by atoms with Gasteiger partial charge in [-0.1, -0.05) is 34.8 Å². The molecule has 4 aromatic rings. The number of rotatable bonds is 6. The second-order valence-electron chi connectivity index (χ2n) is 7.47. The molecule has 0 bridgehead atoms. The van der Waals surface area contributed by atoms with E-state index in [0.717, 1.165) is 0 Å². The lowest BCUT2D eigenvalue weighted by Crippen LogP contribution is -2.19.